The van der Waals surface area contributed by atoms with Gasteiger partial charge in [0.25, 0.3) is 0 Å². The summed E-state index contributed by atoms with van der Waals surface area (Å²) >= 11 is 0. The van der Waals surface area contributed by atoms with Gasteiger partial charge >= 0.3 is 0 Å². The van der Waals surface area contributed by atoms with E-state index < -0.39 is 0 Å². The molecular formula is C30H45NO. The maximum absolute atomic E-state index is 6.68. The van der Waals surface area contributed by atoms with Crippen molar-refractivity contribution in [2.24, 2.45) is 5.41 Å². The average molecular weight is 436 g/mol. The van der Waals surface area contributed by atoms with Crippen molar-refractivity contribution in [2.45, 2.75) is 112 Å². The van der Waals surface area contributed by atoms with Gasteiger partial charge in [-0.3, -0.25) is 0 Å². The maximum atomic E-state index is 6.68. The van der Waals surface area contributed by atoms with Gasteiger partial charge in [-0.2, -0.15) is 0 Å². The third kappa shape index (κ3) is 4.18. The quantitative estimate of drug-likeness (QED) is 0.429. The summed E-state index contributed by atoms with van der Waals surface area (Å²) in [5.74, 6) is 1.98. The van der Waals surface area contributed by atoms with Crippen molar-refractivity contribution in [3.05, 3.63) is 47.5 Å². The lowest BCUT2D eigenvalue weighted by atomic mass is 9.77. The molecule has 0 amide bonds. The highest BCUT2D eigenvalue weighted by Crippen LogP contribution is 2.52. The number of fused-ring (bicyclic) bond motifs is 2. The van der Waals surface area contributed by atoms with E-state index in [9.17, 15) is 0 Å². The molecule has 0 fully saturated rings. The molecule has 3 rings (SSSR count). The zero-order valence-corrected chi connectivity index (χ0v) is 22.2. The maximum Gasteiger partial charge on any atom is 0.151 e. The first kappa shape index (κ1) is 24.7. The van der Waals surface area contributed by atoms with Crippen molar-refractivity contribution in [1.82, 2.24) is 0 Å². The lowest BCUT2D eigenvalue weighted by Crippen LogP contribution is -2.40. The molecular weight excluding hydrogens is 390 g/mol. The number of rotatable bonds is 7. The molecule has 176 valence electrons. The molecule has 1 heterocycles. The van der Waals surface area contributed by atoms with Crippen LogP contribution >= 0.6 is 0 Å². The van der Waals surface area contributed by atoms with Gasteiger partial charge in [0.05, 0.1) is 11.4 Å². The van der Waals surface area contributed by atoms with Gasteiger partial charge in [0.15, 0.2) is 11.5 Å². The van der Waals surface area contributed by atoms with Gasteiger partial charge in [-0.05, 0) is 84.2 Å². The Hall–Kier alpha value is -1.96. The van der Waals surface area contributed by atoms with Crippen molar-refractivity contribution in [3.63, 3.8) is 0 Å². The molecule has 0 radical (unpaired) electrons. The monoisotopic (exact) mass is 435 g/mol. The Morgan fingerprint density at radius 1 is 0.688 bits per heavy atom. The third-order valence-corrected chi connectivity index (χ3v) is 8.81. The van der Waals surface area contributed by atoms with Crippen molar-refractivity contribution in [2.75, 3.05) is 4.90 Å². The van der Waals surface area contributed by atoms with E-state index >= 15 is 0 Å². The first-order chi connectivity index (χ1) is 14.9. The summed E-state index contributed by atoms with van der Waals surface area (Å²) in [4.78, 5) is 2.51. The van der Waals surface area contributed by atoms with Gasteiger partial charge < -0.3 is 9.64 Å². The van der Waals surface area contributed by atoms with Crippen LogP contribution in [0.25, 0.3) is 0 Å². The third-order valence-electron chi connectivity index (χ3n) is 8.81. The normalized spacial score (nSPS) is 15.1. The highest BCUT2D eigenvalue weighted by Gasteiger charge is 2.36. The van der Waals surface area contributed by atoms with Crippen LogP contribution in [0.4, 0.5) is 11.4 Å². The van der Waals surface area contributed by atoms with E-state index in [2.05, 4.69) is 111 Å². The van der Waals surface area contributed by atoms with Crippen molar-refractivity contribution in [1.29, 1.82) is 0 Å². The molecule has 2 aromatic rings. The molecule has 2 aromatic carbocycles. The van der Waals surface area contributed by atoms with E-state index in [0.29, 0.717) is 6.04 Å². The smallest absolute Gasteiger partial charge is 0.151 e. The zero-order chi connectivity index (χ0) is 23.9. The Labute approximate surface area is 197 Å². The molecule has 0 aromatic heterocycles. The number of benzene rings is 2. The van der Waals surface area contributed by atoms with Crippen molar-refractivity contribution >= 4 is 11.4 Å². The van der Waals surface area contributed by atoms with E-state index in [1.165, 1.54) is 22.5 Å². The standard InChI is InChI=1S/C30H45NO/c1-11-29(9,12-2)22-15-17-24-26(19-22)32-27-20-23(30(10,13-3)14-4)16-18-25(27)31(24)21(5)28(6,7)8/h15-21H,11-14H2,1-10H3. The minimum absolute atomic E-state index is 0.131. The van der Waals surface area contributed by atoms with Gasteiger partial charge in [0.2, 0.25) is 0 Å². The fourth-order valence-corrected chi connectivity index (χ4v) is 4.71. The van der Waals surface area contributed by atoms with E-state index in [0.717, 1.165) is 37.2 Å². The fourth-order valence-electron chi connectivity index (χ4n) is 4.71. The molecule has 2 heteroatoms. The minimum atomic E-state index is 0.131. The highest BCUT2D eigenvalue weighted by molar-refractivity contribution is 5.79. The molecule has 0 spiro atoms. The average Bonchev–Trinajstić information content (AvgIpc) is 2.79. The van der Waals surface area contributed by atoms with Crippen LogP contribution in [0.3, 0.4) is 0 Å². The topological polar surface area (TPSA) is 12.5 Å². The Kier molecular flexibility index (Phi) is 6.76. The van der Waals surface area contributed by atoms with Crippen LogP contribution in [-0.4, -0.2) is 6.04 Å². The second-order valence-electron chi connectivity index (χ2n) is 11.4. The first-order valence-electron chi connectivity index (χ1n) is 12.7. The lowest BCUT2D eigenvalue weighted by Gasteiger charge is -2.43. The molecule has 2 nitrogen and oxygen atoms in total. The number of ether oxygens (including phenoxy) is 1. The molecule has 0 aliphatic carbocycles. The summed E-state index contributed by atoms with van der Waals surface area (Å²) < 4.78 is 6.68. The molecule has 0 N–H and O–H groups in total. The van der Waals surface area contributed by atoms with E-state index in [1.807, 2.05) is 0 Å². The summed E-state index contributed by atoms with van der Waals surface area (Å²) in [7, 11) is 0. The van der Waals surface area contributed by atoms with Crippen LogP contribution in [0.1, 0.15) is 106 Å². The lowest BCUT2D eigenvalue weighted by molar-refractivity contribution is 0.329. The number of hydrogen-bond acceptors (Lipinski definition) is 2. The van der Waals surface area contributed by atoms with Crippen LogP contribution in [-0.2, 0) is 10.8 Å². The Morgan fingerprint density at radius 3 is 1.38 bits per heavy atom. The molecule has 32 heavy (non-hydrogen) atoms. The van der Waals surface area contributed by atoms with Crippen LogP contribution in [0.5, 0.6) is 11.5 Å². The summed E-state index contributed by atoms with van der Waals surface area (Å²) in [6, 6.07) is 14.2. The molecule has 1 aliphatic rings. The van der Waals surface area contributed by atoms with E-state index in [-0.39, 0.29) is 16.2 Å². The predicted octanol–water partition coefficient (Wildman–Crippen LogP) is 9.52. The summed E-state index contributed by atoms with van der Waals surface area (Å²) in [6.07, 6.45) is 4.49. The van der Waals surface area contributed by atoms with Gasteiger partial charge in [-0.1, -0.05) is 74.4 Å². The van der Waals surface area contributed by atoms with Gasteiger partial charge in [0.1, 0.15) is 0 Å². The number of anilines is 2. The number of nitrogens with zero attached hydrogens (tertiary/aromatic N) is 1. The Balaban J connectivity index is 2.20. The molecule has 0 saturated heterocycles. The Bertz CT molecular complexity index is 876. The number of hydrogen-bond donors (Lipinski definition) is 0. The first-order valence-corrected chi connectivity index (χ1v) is 12.7. The van der Waals surface area contributed by atoms with Crippen molar-refractivity contribution in [3.8, 4) is 11.5 Å². The highest BCUT2D eigenvalue weighted by atomic mass is 16.5. The summed E-state index contributed by atoms with van der Waals surface area (Å²) in [5.41, 5.74) is 5.58. The van der Waals surface area contributed by atoms with Gasteiger partial charge in [-0.25, -0.2) is 0 Å². The summed E-state index contributed by atoms with van der Waals surface area (Å²) in [5, 5.41) is 0. The minimum Gasteiger partial charge on any atom is -0.453 e. The molecule has 1 atom stereocenters. The zero-order valence-electron chi connectivity index (χ0n) is 22.2. The molecule has 0 bridgehead atoms. The Morgan fingerprint density at radius 2 is 1.06 bits per heavy atom. The predicted molar refractivity (Wildman–Crippen MR) is 140 cm³/mol. The van der Waals surface area contributed by atoms with Crippen LogP contribution in [0.15, 0.2) is 36.4 Å². The molecule has 0 saturated carbocycles. The van der Waals surface area contributed by atoms with Crippen LogP contribution < -0.4 is 9.64 Å². The van der Waals surface area contributed by atoms with Gasteiger partial charge in [0, 0.05) is 6.04 Å². The van der Waals surface area contributed by atoms with Crippen LogP contribution in [0.2, 0.25) is 0 Å². The van der Waals surface area contributed by atoms with E-state index in [4.69, 9.17) is 4.74 Å². The van der Waals surface area contributed by atoms with E-state index in [1.54, 1.807) is 0 Å². The fraction of sp³-hybridized carbons (Fsp3) is 0.600. The second-order valence-corrected chi connectivity index (χ2v) is 11.4. The molecule has 1 aliphatic heterocycles. The molecule has 1 unspecified atom stereocenters. The second kappa shape index (κ2) is 8.76. The summed E-state index contributed by atoms with van der Waals surface area (Å²) in [6.45, 7) is 23.2. The SMILES string of the molecule is CCC(C)(CC)c1ccc2c(c1)Oc1cc(C(C)(CC)CC)ccc1N2C(C)C(C)(C)C. The van der Waals surface area contributed by atoms with Gasteiger partial charge in [-0.15, -0.1) is 0 Å². The van der Waals surface area contributed by atoms with Crippen LogP contribution in [0, 0.1) is 5.41 Å². The largest absolute Gasteiger partial charge is 0.453 e. The van der Waals surface area contributed by atoms with Crippen molar-refractivity contribution < 1.29 is 4.74 Å².